The fourth-order valence-electron chi connectivity index (χ4n) is 3.67. The van der Waals surface area contributed by atoms with Gasteiger partial charge in [-0.15, -0.1) is 0 Å². The van der Waals surface area contributed by atoms with Crippen molar-refractivity contribution >= 4 is 41.0 Å². The number of aliphatic hydroxyl groups is 1. The molecule has 0 atom stereocenters. The molecule has 1 aliphatic rings. The summed E-state index contributed by atoms with van der Waals surface area (Å²) in [7, 11) is 0. The van der Waals surface area contributed by atoms with Gasteiger partial charge in [-0.05, 0) is 30.5 Å². The molecule has 2 amide bonds. The van der Waals surface area contributed by atoms with Gasteiger partial charge in [0, 0.05) is 32.4 Å². The molecule has 9 N–H and O–H groups in total. The van der Waals surface area contributed by atoms with Crippen LogP contribution in [0.4, 0.5) is 11.6 Å². The van der Waals surface area contributed by atoms with Gasteiger partial charge in [-0.25, -0.2) is 15.0 Å². The number of aliphatic hydroxyl groups excluding tert-OH is 1. The Morgan fingerprint density at radius 3 is 2.68 bits per heavy atom. The van der Waals surface area contributed by atoms with E-state index < -0.39 is 5.91 Å². The summed E-state index contributed by atoms with van der Waals surface area (Å²) in [6, 6.07) is 3.57. The SMILES string of the molecule is NC(=NC1CCN(Cc2ccnc(C(=O)NCCOCCO)c2)CC1)NC(=O)c1nc(Cl)c(N)nc1N. The first-order valence-corrected chi connectivity index (χ1v) is 12.0. The van der Waals surface area contributed by atoms with E-state index in [1.54, 1.807) is 12.3 Å². The molecule has 0 bridgehead atoms. The molecule has 1 saturated heterocycles. The minimum Gasteiger partial charge on any atom is -0.394 e. The van der Waals surface area contributed by atoms with Crippen LogP contribution in [-0.4, -0.2) is 88.2 Å². The number of nitrogens with zero attached hydrogens (tertiary/aromatic N) is 5. The molecule has 1 fully saturated rings. The van der Waals surface area contributed by atoms with Crippen molar-refractivity contribution in [1.29, 1.82) is 0 Å². The van der Waals surface area contributed by atoms with E-state index in [9.17, 15) is 9.59 Å². The number of likely N-dealkylation sites (tertiary alicyclic amines) is 1. The normalized spacial score (nSPS) is 14.9. The molecule has 0 unspecified atom stereocenters. The summed E-state index contributed by atoms with van der Waals surface area (Å²) in [4.78, 5) is 43.1. The number of hydrogen-bond acceptors (Lipinski definition) is 11. The average Bonchev–Trinajstić information content (AvgIpc) is 2.87. The third kappa shape index (κ3) is 8.49. The number of hydrogen-bond donors (Lipinski definition) is 6. The number of carbonyl (C=O) groups excluding carboxylic acids is 2. The number of piperidine rings is 1. The smallest absolute Gasteiger partial charge is 0.280 e. The van der Waals surface area contributed by atoms with Gasteiger partial charge >= 0.3 is 0 Å². The highest BCUT2D eigenvalue weighted by molar-refractivity contribution is 6.31. The van der Waals surface area contributed by atoms with E-state index in [-0.39, 0.29) is 53.6 Å². The van der Waals surface area contributed by atoms with Gasteiger partial charge in [0.2, 0.25) is 0 Å². The van der Waals surface area contributed by atoms with Crippen LogP contribution in [0.25, 0.3) is 0 Å². The van der Waals surface area contributed by atoms with Crippen molar-refractivity contribution in [3.63, 3.8) is 0 Å². The molecule has 0 radical (unpaired) electrons. The number of rotatable bonds is 10. The van der Waals surface area contributed by atoms with Crippen molar-refractivity contribution in [3.05, 3.63) is 40.4 Å². The molecule has 0 spiro atoms. The zero-order valence-corrected chi connectivity index (χ0v) is 20.9. The highest BCUT2D eigenvalue weighted by Crippen LogP contribution is 2.18. The Hall–Kier alpha value is -3.59. The van der Waals surface area contributed by atoms with Crippen LogP contribution in [0.5, 0.6) is 0 Å². The van der Waals surface area contributed by atoms with Gasteiger partial charge in [0.05, 0.1) is 25.9 Å². The van der Waals surface area contributed by atoms with Crippen LogP contribution in [0.1, 0.15) is 39.4 Å². The maximum absolute atomic E-state index is 12.4. The van der Waals surface area contributed by atoms with E-state index >= 15 is 0 Å². The molecule has 14 nitrogen and oxygen atoms in total. The van der Waals surface area contributed by atoms with Crippen LogP contribution in [0.2, 0.25) is 5.15 Å². The van der Waals surface area contributed by atoms with E-state index in [0.29, 0.717) is 25.4 Å². The van der Waals surface area contributed by atoms with Crippen molar-refractivity contribution in [3.8, 4) is 0 Å². The summed E-state index contributed by atoms with van der Waals surface area (Å²) in [5, 5.41) is 13.8. The first-order valence-electron chi connectivity index (χ1n) is 11.6. The van der Waals surface area contributed by atoms with Gasteiger partial charge in [-0.2, -0.15) is 0 Å². The minimum atomic E-state index is -0.680. The number of anilines is 2. The summed E-state index contributed by atoms with van der Waals surface area (Å²) < 4.78 is 5.13. The van der Waals surface area contributed by atoms with E-state index in [1.165, 1.54) is 0 Å². The summed E-state index contributed by atoms with van der Waals surface area (Å²) in [6.45, 7) is 2.99. The number of halogens is 1. The van der Waals surface area contributed by atoms with Crippen LogP contribution in [-0.2, 0) is 11.3 Å². The molecule has 15 heteroatoms. The Kier molecular flexibility index (Phi) is 10.3. The highest BCUT2D eigenvalue weighted by Gasteiger charge is 2.21. The predicted octanol–water partition coefficient (Wildman–Crippen LogP) is -0.863. The number of pyridine rings is 1. The Morgan fingerprint density at radius 1 is 1.19 bits per heavy atom. The molecular formula is C22H31ClN10O4. The monoisotopic (exact) mass is 534 g/mol. The average molecular weight is 535 g/mol. The van der Waals surface area contributed by atoms with Gasteiger partial charge in [-0.1, -0.05) is 11.6 Å². The summed E-state index contributed by atoms with van der Waals surface area (Å²) in [5.74, 6) is -1.25. The Morgan fingerprint density at radius 2 is 1.95 bits per heavy atom. The quantitative estimate of drug-likeness (QED) is 0.125. The Labute approximate surface area is 218 Å². The highest BCUT2D eigenvalue weighted by atomic mass is 35.5. The van der Waals surface area contributed by atoms with Crippen LogP contribution >= 0.6 is 11.6 Å². The standard InChI is InChI=1S/C22H31ClN10O4/c23-17-19(25)31-18(24)16(30-17)21(36)32-22(26)29-14-2-6-33(7-3-14)12-13-1-4-27-15(11-13)20(35)28-5-9-37-10-8-34/h1,4,11,14,34H,2-3,5-10,12H2,(H,28,35)(H4,24,25,31)(H3,26,29,32,36). The summed E-state index contributed by atoms with van der Waals surface area (Å²) in [6.07, 6.45) is 3.08. The molecule has 200 valence electrons. The number of amides is 2. The molecule has 3 rings (SSSR count). The van der Waals surface area contributed by atoms with Crippen molar-refractivity contribution in [2.75, 3.05) is 50.9 Å². The minimum absolute atomic E-state index is 0.0517. The van der Waals surface area contributed by atoms with E-state index in [4.69, 9.17) is 38.6 Å². The Balaban J connectivity index is 1.46. The van der Waals surface area contributed by atoms with E-state index in [1.807, 2.05) is 6.07 Å². The fourth-order valence-corrected chi connectivity index (χ4v) is 3.80. The van der Waals surface area contributed by atoms with Crippen molar-refractivity contribution in [2.45, 2.75) is 25.4 Å². The Bertz CT molecular complexity index is 1120. The molecular weight excluding hydrogens is 504 g/mol. The number of nitrogens with one attached hydrogen (secondary N) is 2. The lowest BCUT2D eigenvalue weighted by atomic mass is 10.0. The van der Waals surface area contributed by atoms with Gasteiger partial charge in [-0.3, -0.25) is 24.8 Å². The van der Waals surface area contributed by atoms with Crippen LogP contribution in [0, 0.1) is 0 Å². The maximum atomic E-state index is 12.4. The lowest BCUT2D eigenvalue weighted by Gasteiger charge is -2.30. The first kappa shape index (κ1) is 28.0. The van der Waals surface area contributed by atoms with Gasteiger partial charge in [0.15, 0.2) is 28.4 Å². The third-order valence-corrected chi connectivity index (χ3v) is 5.75. The molecule has 2 aromatic heterocycles. The number of carbonyl (C=O) groups is 2. The van der Waals surface area contributed by atoms with E-state index in [2.05, 4.69) is 35.5 Å². The molecule has 37 heavy (non-hydrogen) atoms. The maximum Gasteiger partial charge on any atom is 0.280 e. The van der Waals surface area contributed by atoms with Crippen molar-refractivity contribution in [1.82, 2.24) is 30.5 Å². The summed E-state index contributed by atoms with van der Waals surface area (Å²) >= 11 is 5.82. The molecule has 2 aromatic rings. The fraction of sp³-hybridized carbons (Fsp3) is 0.455. The van der Waals surface area contributed by atoms with Gasteiger partial charge in [0.25, 0.3) is 11.8 Å². The third-order valence-electron chi connectivity index (χ3n) is 5.47. The number of nitrogen functional groups attached to an aromatic ring is 2. The topological polar surface area (TPSA) is 220 Å². The molecule has 0 saturated carbocycles. The number of guanidine groups is 1. The lowest BCUT2D eigenvalue weighted by molar-refractivity contribution is 0.0835. The zero-order valence-electron chi connectivity index (χ0n) is 20.2. The molecule has 0 aliphatic carbocycles. The molecule has 1 aliphatic heterocycles. The largest absolute Gasteiger partial charge is 0.394 e. The number of aromatic nitrogens is 3. The van der Waals surface area contributed by atoms with Crippen LogP contribution in [0.15, 0.2) is 23.3 Å². The van der Waals surface area contributed by atoms with Crippen molar-refractivity contribution < 1.29 is 19.4 Å². The second-order valence-electron chi connectivity index (χ2n) is 8.25. The first-order chi connectivity index (χ1) is 17.8. The molecule has 3 heterocycles. The number of ether oxygens (including phenoxy) is 1. The number of nitrogens with two attached hydrogens (primary N) is 3. The lowest BCUT2D eigenvalue weighted by Crippen LogP contribution is -2.41. The van der Waals surface area contributed by atoms with E-state index in [0.717, 1.165) is 31.5 Å². The zero-order chi connectivity index (χ0) is 26.8. The predicted molar refractivity (Wildman–Crippen MR) is 138 cm³/mol. The van der Waals surface area contributed by atoms with Crippen LogP contribution in [0.3, 0.4) is 0 Å². The number of aliphatic imine (C=N–C) groups is 1. The second kappa shape index (κ2) is 13.6. The van der Waals surface area contributed by atoms with Gasteiger partial charge in [0.1, 0.15) is 5.69 Å². The van der Waals surface area contributed by atoms with Crippen LogP contribution < -0.4 is 27.8 Å². The second-order valence-corrected chi connectivity index (χ2v) is 8.61. The molecule has 0 aromatic carbocycles. The van der Waals surface area contributed by atoms with Crippen molar-refractivity contribution in [2.24, 2.45) is 10.7 Å². The van der Waals surface area contributed by atoms with Gasteiger partial charge < -0.3 is 32.4 Å². The summed E-state index contributed by atoms with van der Waals surface area (Å²) in [5.41, 5.74) is 18.2.